The number of rotatable bonds is 4. The van der Waals surface area contributed by atoms with Crippen LogP contribution in [0.2, 0.25) is 0 Å². The molecular formula is C11H8BrIN2O2S. The van der Waals surface area contributed by atoms with Crippen LogP contribution in [0.5, 0.6) is 0 Å². The van der Waals surface area contributed by atoms with Crippen LogP contribution in [0.1, 0.15) is 15.5 Å². The SMILES string of the molecule is O=C(O)c1nc(CNc2ccc(I)c(Br)c2)cs1. The molecule has 0 aliphatic rings. The molecule has 0 aliphatic carbocycles. The average molecular weight is 439 g/mol. The van der Waals surface area contributed by atoms with E-state index >= 15 is 0 Å². The fraction of sp³-hybridized carbons (Fsp3) is 0.0909. The fourth-order valence-corrected chi connectivity index (χ4v) is 2.65. The molecule has 0 amide bonds. The van der Waals surface area contributed by atoms with Gasteiger partial charge in [0, 0.05) is 19.1 Å². The number of aromatic carboxylic acids is 1. The zero-order valence-electron chi connectivity index (χ0n) is 8.98. The predicted octanol–water partition coefficient (Wildman–Crippen LogP) is 3.82. The molecule has 4 nitrogen and oxygen atoms in total. The number of anilines is 1. The predicted molar refractivity (Wildman–Crippen MR) is 83.3 cm³/mol. The molecule has 2 aromatic rings. The summed E-state index contributed by atoms with van der Waals surface area (Å²) in [6, 6.07) is 5.94. The maximum absolute atomic E-state index is 10.7. The Morgan fingerprint density at radius 2 is 2.33 bits per heavy atom. The van der Waals surface area contributed by atoms with Gasteiger partial charge < -0.3 is 10.4 Å². The summed E-state index contributed by atoms with van der Waals surface area (Å²) in [5, 5.41) is 13.8. The first-order valence-electron chi connectivity index (χ1n) is 4.93. The molecule has 0 saturated carbocycles. The number of carboxylic acid groups (broad SMARTS) is 1. The molecule has 18 heavy (non-hydrogen) atoms. The van der Waals surface area contributed by atoms with Crippen LogP contribution in [0.15, 0.2) is 28.1 Å². The number of hydrogen-bond donors (Lipinski definition) is 2. The number of carboxylic acids is 1. The van der Waals surface area contributed by atoms with Crippen LogP contribution in [0.3, 0.4) is 0 Å². The molecule has 1 heterocycles. The second-order valence-corrected chi connectivity index (χ2v) is 6.31. The Morgan fingerprint density at radius 1 is 1.56 bits per heavy atom. The smallest absolute Gasteiger partial charge is 0.365 e. The van der Waals surface area contributed by atoms with Crippen molar-refractivity contribution >= 4 is 61.5 Å². The van der Waals surface area contributed by atoms with Crippen molar-refractivity contribution in [3.05, 3.63) is 42.3 Å². The van der Waals surface area contributed by atoms with Gasteiger partial charge in [-0.15, -0.1) is 11.3 Å². The number of nitrogens with one attached hydrogen (secondary N) is 1. The second kappa shape index (κ2) is 5.98. The maximum atomic E-state index is 10.7. The van der Waals surface area contributed by atoms with E-state index in [4.69, 9.17) is 5.11 Å². The molecule has 0 fully saturated rings. The van der Waals surface area contributed by atoms with Crippen LogP contribution in [0.4, 0.5) is 5.69 Å². The summed E-state index contributed by atoms with van der Waals surface area (Å²) < 4.78 is 2.16. The monoisotopic (exact) mass is 438 g/mol. The second-order valence-electron chi connectivity index (χ2n) is 3.43. The largest absolute Gasteiger partial charge is 0.476 e. The van der Waals surface area contributed by atoms with Crippen molar-refractivity contribution in [3.8, 4) is 0 Å². The topological polar surface area (TPSA) is 62.2 Å². The van der Waals surface area contributed by atoms with E-state index in [2.05, 4.69) is 48.8 Å². The molecule has 2 N–H and O–H groups in total. The van der Waals surface area contributed by atoms with E-state index in [9.17, 15) is 4.79 Å². The van der Waals surface area contributed by atoms with E-state index in [1.807, 2.05) is 18.2 Å². The number of halogens is 2. The third-order valence-electron chi connectivity index (χ3n) is 2.13. The van der Waals surface area contributed by atoms with Crippen LogP contribution >= 0.6 is 49.9 Å². The van der Waals surface area contributed by atoms with Gasteiger partial charge in [-0.2, -0.15) is 0 Å². The zero-order chi connectivity index (χ0) is 13.1. The lowest BCUT2D eigenvalue weighted by molar-refractivity contribution is 0.0696. The van der Waals surface area contributed by atoms with Gasteiger partial charge in [0.15, 0.2) is 0 Å². The maximum Gasteiger partial charge on any atom is 0.365 e. The van der Waals surface area contributed by atoms with Crippen molar-refractivity contribution in [2.75, 3.05) is 5.32 Å². The summed E-state index contributed by atoms with van der Waals surface area (Å²) in [5.41, 5.74) is 1.69. The highest BCUT2D eigenvalue weighted by atomic mass is 127. The highest BCUT2D eigenvalue weighted by Crippen LogP contribution is 2.23. The number of thiazole rings is 1. The molecule has 0 aliphatic heterocycles. The van der Waals surface area contributed by atoms with E-state index in [1.165, 1.54) is 0 Å². The molecule has 0 bridgehead atoms. The van der Waals surface area contributed by atoms with Crippen molar-refractivity contribution in [1.82, 2.24) is 4.98 Å². The molecule has 7 heteroatoms. The molecular weight excluding hydrogens is 431 g/mol. The normalized spacial score (nSPS) is 10.3. The van der Waals surface area contributed by atoms with Crippen LogP contribution in [0, 0.1) is 3.57 Å². The number of hydrogen-bond acceptors (Lipinski definition) is 4. The van der Waals surface area contributed by atoms with Gasteiger partial charge in [0.25, 0.3) is 0 Å². The van der Waals surface area contributed by atoms with E-state index in [0.717, 1.165) is 30.8 Å². The van der Waals surface area contributed by atoms with Gasteiger partial charge in [-0.3, -0.25) is 0 Å². The van der Waals surface area contributed by atoms with Crippen molar-refractivity contribution < 1.29 is 9.90 Å². The number of aromatic nitrogens is 1. The minimum absolute atomic E-state index is 0.121. The highest BCUT2D eigenvalue weighted by Gasteiger charge is 2.08. The average Bonchev–Trinajstić information content (AvgIpc) is 2.79. The Morgan fingerprint density at radius 3 is 2.94 bits per heavy atom. The van der Waals surface area contributed by atoms with Crippen molar-refractivity contribution in [2.24, 2.45) is 0 Å². The van der Waals surface area contributed by atoms with Crippen molar-refractivity contribution in [1.29, 1.82) is 0 Å². The summed E-state index contributed by atoms with van der Waals surface area (Å²) in [7, 11) is 0. The van der Waals surface area contributed by atoms with Gasteiger partial charge in [-0.05, 0) is 56.7 Å². The third kappa shape index (κ3) is 3.42. The number of nitrogens with zero attached hydrogens (tertiary/aromatic N) is 1. The quantitative estimate of drug-likeness (QED) is 0.712. The molecule has 0 unspecified atom stereocenters. The van der Waals surface area contributed by atoms with Gasteiger partial charge in [0.2, 0.25) is 5.01 Å². The lowest BCUT2D eigenvalue weighted by Crippen LogP contribution is -2.01. The van der Waals surface area contributed by atoms with Crippen LogP contribution < -0.4 is 5.32 Å². The molecule has 2 rings (SSSR count). The number of carbonyl (C=O) groups is 1. The summed E-state index contributed by atoms with van der Waals surface area (Å²) in [4.78, 5) is 14.7. The molecule has 0 saturated heterocycles. The minimum atomic E-state index is -0.983. The Labute approximate surface area is 130 Å². The third-order valence-corrected chi connectivity index (χ3v) is 5.35. The van der Waals surface area contributed by atoms with Crippen LogP contribution in [0.25, 0.3) is 0 Å². The van der Waals surface area contributed by atoms with Crippen molar-refractivity contribution in [2.45, 2.75) is 6.54 Å². The Kier molecular flexibility index (Phi) is 4.57. The molecule has 0 radical (unpaired) electrons. The fourth-order valence-electron chi connectivity index (χ4n) is 1.29. The Balaban J connectivity index is 2.02. The zero-order valence-corrected chi connectivity index (χ0v) is 13.5. The Bertz CT molecular complexity index is 588. The van der Waals surface area contributed by atoms with Crippen LogP contribution in [-0.4, -0.2) is 16.1 Å². The highest BCUT2D eigenvalue weighted by molar-refractivity contribution is 14.1. The molecule has 0 spiro atoms. The van der Waals surface area contributed by atoms with E-state index in [-0.39, 0.29) is 5.01 Å². The van der Waals surface area contributed by atoms with Gasteiger partial charge in [-0.25, -0.2) is 9.78 Å². The van der Waals surface area contributed by atoms with E-state index in [1.54, 1.807) is 5.38 Å². The summed E-state index contributed by atoms with van der Waals surface area (Å²) in [6.07, 6.45) is 0. The van der Waals surface area contributed by atoms with Gasteiger partial charge in [0.1, 0.15) is 0 Å². The van der Waals surface area contributed by atoms with Gasteiger partial charge >= 0.3 is 5.97 Å². The minimum Gasteiger partial charge on any atom is -0.476 e. The standard InChI is InChI=1S/C11H8BrIN2O2S/c12-8-3-6(1-2-9(8)13)14-4-7-5-18-10(15-7)11(16)17/h1-3,5,14H,4H2,(H,16,17). The van der Waals surface area contributed by atoms with Crippen molar-refractivity contribution in [3.63, 3.8) is 0 Å². The summed E-state index contributed by atoms with van der Waals surface area (Å²) in [5.74, 6) is -0.983. The van der Waals surface area contributed by atoms with Gasteiger partial charge in [0.05, 0.1) is 12.2 Å². The van der Waals surface area contributed by atoms with Gasteiger partial charge in [-0.1, -0.05) is 0 Å². The van der Waals surface area contributed by atoms with E-state index in [0.29, 0.717) is 6.54 Å². The first-order chi connectivity index (χ1) is 8.56. The molecule has 1 aromatic carbocycles. The molecule has 94 valence electrons. The lowest BCUT2D eigenvalue weighted by atomic mass is 10.3. The molecule has 0 atom stereocenters. The number of benzene rings is 1. The summed E-state index contributed by atoms with van der Waals surface area (Å²) >= 11 is 6.83. The van der Waals surface area contributed by atoms with E-state index < -0.39 is 5.97 Å². The van der Waals surface area contributed by atoms with Crippen LogP contribution in [-0.2, 0) is 6.54 Å². The first-order valence-corrected chi connectivity index (χ1v) is 7.68. The first kappa shape index (κ1) is 13.8. The molecule has 1 aromatic heterocycles. The lowest BCUT2D eigenvalue weighted by Gasteiger charge is -2.05. The Hall–Kier alpha value is -0.670. The summed E-state index contributed by atoms with van der Waals surface area (Å²) in [6.45, 7) is 0.511.